The number of carbonyl (C=O) groups excluding carboxylic acids is 1. The fraction of sp³-hybridized carbons (Fsp3) is 0.588. The number of hydrogen-bond acceptors (Lipinski definition) is 4. The van der Waals surface area contributed by atoms with E-state index in [2.05, 4.69) is 31.4 Å². The lowest BCUT2D eigenvalue weighted by Crippen LogP contribution is -2.56. The van der Waals surface area contributed by atoms with Gasteiger partial charge in [-0.2, -0.15) is 0 Å². The van der Waals surface area contributed by atoms with Gasteiger partial charge < -0.3 is 5.32 Å². The van der Waals surface area contributed by atoms with Crippen LogP contribution in [0.4, 0.5) is 0 Å². The fourth-order valence-corrected chi connectivity index (χ4v) is 4.76. The van der Waals surface area contributed by atoms with Gasteiger partial charge in [-0.25, -0.2) is 8.42 Å². The number of halogens is 3. The Morgan fingerprint density at radius 3 is 2.15 bits per heavy atom. The van der Waals surface area contributed by atoms with Crippen molar-refractivity contribution in [1.82, 2.24) is 10.6 Å². The molecular formula is C17H23Cl3N2O3S. The molecule has 5 nitrogen and oxygen atoms in total. The summed E-state index contributed by atoms with van der Waals surface area (Å²) in [5.41, 5.74) is 1.50. The molecule has 0 unspecified atom stereocenters. The third kappa shape index (κ3) is 5.99. The van der Waals surface area contributed by atoms with Crippen molar-refractivity contribution in [2.45, 2.75) is 48.6 Å². The highest BCUT2D eigenvalue weighted by Crippen LogP contribution is 2.30. The number of carbonyl (C=O) groups is 1. The smallest absolute Gasteiger partial charge is 0.252 e. The summed E-state index contributed by atoms with van der Waals surface area (Å²) in [4.78, 5) is 12.5. The largest absolute Gasteiger partial charge is 0.333 e. The first-order valence-corrected chi connectivity index (χ1v) is 11.2. The van der Waals surface area contributed by atoms with E-state index in [0.717, 1.165) is 5.56 Å². The highest BCUT2D eigenvalue weighted by atomic mass is 35.6. The minimum Gasteiger partial charge on any atom is -0.333 e. The van der Waals surface area contributed by atoms with Crippen molar-refractivity contribution >= 4 is 50.5 Å². The molecule has 0 aliphatic carbocycles. The van der Waals surface area contributed by atoms with E-state index in [0.29, 0.717) is 12.0 Å². The highest BCUT2D eigenvalue weighted by molar-refractivity contribution is 7.91. The second kappa shape index (κ2) is 7.84. The van der Waals surface area contributed by atoms with Crippen molar-refractivity contribution in [2.75, 3.05) is 11.5 Å². The normalized spacial score (nSPS) is 21.4. The molecule has 0 saturated carbocycles. The van der Waals surface area contributed by atoms with Crippen LogP contribution < -0.4 is 10.6 Å². The Morgan fingerprint density at radius 2 is 1.73 bits per heavy atom. The van der Waals surface area contributed by atoms with Gasteiger partial charge in [0.2, 0.25) is 3.79 Å². The van der Waals surface area contributed by atoms with Gasteiger partial charge in [0.25, 0.3) is 5.91 Å². The molecule has 2 atom stereocenters. The predicted molar refractivity (Wildman–Crippen MR) is 107 cm³/mol. The van der Waals surface area contributed by atoms with Crippen LogP contribution >= 0.6 is 34.8 Å². The van der Waals surface area contributed by atoms with E-state index < -0.39 is 25.7 Å². The lowest BCUT2D eigenvalue weighted by Gasteiger charge is -2.29. The van der Waals surface area contributed by atoms with Crippen LogP contribution in [-0.2, 0) is 15.3 Å². The number of amides is 1. The van der Waals surface area contributed by atoms with Crippen molar-refractivity contribution in [3.8, 4) is 0 Å². The van der Waals surface area contributed by atoms with Crippen molar-refractivity contribution in [2.24, 2.45) is 0 Å². The van der Waals surface area contributed by atoms with Gasteiger partial charge in [-0.05, 0) is 29.5 Å². The Hall–Kier alpha value is -0.530. The average molecular weight is 442 g/mol. The lowest BCUT2D eigenvalue weighted by molar-refractivity contribution is 0.0927. The molecule has 1 aromatic rings. The third-order valence-electron chi connectivity index (χ3n) is 4.25. The van der Waals surface area contributed by atoms with Gasteiger partial charge >= 0.3 is 0 Å². The SMILES string of the molecule is CC(C)(C)c1ccc(C(=O)N[C@@H](N[C@@H]2CCS(=O)(=O)C2)C(Cl)(Cl)Cl)cc1. The van der Waals surface area contributed by atoms with Crippen molar-refractivity contribution in [1.29, 1.82) is 0 Å². The van der Waals surface area contributed by atoms with E-state index in [1.807, 2.05) is 12.1 Å². The molecule has 1 saturated heterocycles. The van der Waals surface area contributed by atoms with Crippen molar-refractivity contribution < 1.29 is 13.2 Å². The average Bonchev–Trinajstić information content (AvgIpc) is 2.84. The van der Waals surface area contributed by atoms with Crippen LogP contribution in [0, 0.1) is 0 Å². The van der Waals surface area contributed by atoms with Crippen LogP contribution in [0.1, 0.15) is 43.1 Å². The van der Waals surface area contributed by atoms with Gasteiger partial charge in [0.05, 0.1) is 11.5 Å². The molecule has 1 heterocycles. The van der Waals surface area contributed by atoms with E-state index in [1.165, 1.54) is 0 Å². The van der Waals surface area contributed by atoms with E-state index in [1.54, 1.807) is 12.1 Å². The topological polar surface area (TPSA) is 75.3 Å². The number of sulfone groups is 1. The van der Waals surface area contributed by atoms with Crippen LogP contribution in [0.25, 0.3) is 0 Å². The summed E-state index contributed by atoms with van der Waals surface area (Å²) in [7, 11) is -3.09. The summed E-state index contributed by atoms with van der Waals surface area (Å²) < 4.78 is 21.4. The molecule has 26 heavy (non-hydrogen) atoms. The highest BCUT2D eigenvalue weighted by Gasteiger charge is 2.38. The quantitative estimate of drug-likeness (QED) is 0.556. The number of rotatable bonds is 4. The standard InChI is InChI=1S/C17H23Cl3N2O3S/c1-16(2,3)12-6-4-11(5-7-12)14(23)22-15(17(18,19)20)21-13-8-9-26(24,25)10-13/h4-7,13,15,21H,8-10H2,1-3H3,(H,22,23)/t13-,15-/m1/s1. The van der Waals surface area contributed by atoms with Crippen LogP contribution in [0.5, 0.6) is 0 Å². The zero-order valence-electron chi connectivity index (χ0n) is 14.9. The molecule has 1 amide bonds. The maximum atomic E-state index is 12.5. The molecule has 2 rings (SSSR count). The molecule has 0 radical (unpaired) electrons. The maximum Gasteiger partial charge on any atom is 0.252 e. The molecule has 1 aromatic carbocycles. The Bertz CT molecular complexity index is 753. The second-order valence-electron chi connectivity index (χ2n) is 7.54. The molecule has 1 aliphatic rings. The molecule has 0 aromatic heterocycles. The van der Waals surface area contributed by atoms with E-state index in [4.69, 9.17) is 34.8 Å². The number of alkyl halides is 3. The van der Waals surface area contributed by atoms with Crippen LogP contribution in [0.15, 0.2) is 24.3 Å². The van der Waals surface area contributed by atoms with Crippen LogP contribution in [-0.4, -0.2) is 41.8 Å². The molecule has 2 N–H and O–H groups in total. The molecule has 0 bridgehead atoms. The van der Waals surface area contributed by atoms with Crippen LogP contribution in [0.2, 0.25) is 0 Å². The summed E-state index contributed by atoms with van der Waals surface area (Å²) in [5, 5.41) is 5.59. The number of nitrogens with one attached hydrogen (secondary N) is 2. The van der Waals surface area contributed by atoms with Gasteiger partial charge in [-0.3, -0.25) is 10.1 Å². The monoisotopic (exact) mass is 440 g/mol. The minimum atomic E-state index is -3.09. The second-order valence-corrected chi connectivity index (χ2v) is 12.1. The number of hydrogen-bond donors (Lipinski definition) is 2. The van der Waals surface area contributed by atoms with Gasteiger partial charge in [0.15, 0.2) is 9.84 Å². The first kappa shape index (κ1) is 21.8. The Kier molecular flexibility index (Phi) is 6.56. The summed E-state index contributed by atoms with van der Waals surface area (Å²) >= 11 is 17.9. The van der Waals surface area contributed by atoms with Crippen molar-refractivity contribution in [3.63, 3.8) is 0 Å². The van der Waals surface area contributed by atoms with E-state index in [-0.39, 0.29) is 23.0 Å². The fourth-order valence-electron chi connectivity index (χ4n) is 2.72. The Labute approximate surface area is 169 Å². The molecular weight excluding hydrogens is 419 g/mol. The van der Waals surface area contributed by atoms with Gasteiger partial charge in [0, 0.05) is 11.6 Å². The summed E-state index contributed by atoms with van der Waals surface area (Å²) in [6.45, 7) is 6.25. The first-order valence-electron chi connectivity index (χ1n) is 8.22. The van der Waals surface area contributed by atoms with Gasteiger partial charge in [-0.15, -0.1) is 0 Å². The van der Waals surface area contributed by atoms with Crippen molar-refractivity contribution in [3.05, 3.63) is 35.4 Å². The van der Waals surface area contributed by atoms with Gasteiger partial charge in [-0.1, -0.05) is 67.7 Å². The van der Waals surface area contributed by atoms with Gasteiger partial charge in [0.1, 0.15) is 6.17 Å². The minimum absolute atomic E-state index is 0.0232. The first-order chi connectivity index (χ1) is 11.8. The summed E-state index contributed by atoms with van der Waals surface area (Å²) in [6, 6.07) is 6.83. The van der Waals surface area contributed by atoms with Crippen LogP contribution in [0.3, 0.4) is 0 Å². The molecule has 1 fully saturated rings. The summed E-state index contributed by atoms with van der Waals surface area (Å²) in [5.74, 6) is -0.366. The van der Waals surface area contributed by atoms with E-state index in [9.17, 15) is 13.2 Å². The third-order valence-corrected chi connectivity index (χ3v) is 6.67. The maximum absolute atomic E-state index is 12.5. The zero-order chi connectivity index (χ0) is 19.8. The van der Waals surface area contributed by atoms with E-state index >= 15 is 0 Å². The summed E-state index contributed by atoms with van der Waals surface area (Å²) in [6.07, 6.45) is -0.601. The lowest BCUT2D eigenvalue weighted by atomic mass is 9.87. The Morgan fingerprint density at radius 1 is 1.15 bits per heavy atom. The zero-order valence-corrected chi connectivity index (χ0v) is 17.9. The molecule has 1 aliphatic heterocycles. The molecule has 9 heteroatoms. The Balaban J connectivity index is 2.09. The number of benzene rings is 1. The molecule has 0 spiro atoms. The predicted octanol–water partition coefficient (Wildman–Crippen LogP) is 3.19. The molecule has 146 valence electrons.